The Labute approximate surface area is 261 Å². The molecule has 1 aliphatic heterocycles. The van der Waals surface area contributed by atoms with Gasteiger partial charge in [0.2, 0.25) is 0 Å². The summed E-state index contributed by atoms with van der Waals surface area (Å²) >= 11 is 0. The van der Waals surface area contributed by atoms with E-state index in [2.05, 4.69) is 51.8 Å². The van der Waals surface area contributed by atoms with E-state index in [1.165, 1.54) is 0 Å². The minimum absolute atomic E-state index is 0.0265. The lowest BCUT2D eigenvalue weighted by atomic mass is 9.88. The van der Waals surface area contributed by atoms with E-state index in [4.69, 9.17) is 18.6 Å². The number of esters is 1. The van der Waals surface area contributed by atoms with Crippen LogP contribution in [0, 0.1) is 5.92 Å². The van der Waals surface area contributed by atoms with Gasteiger partial charge >= 0.3 is 5.97 Å². The highest BCUT2D eigenvalue weighted by atomic mass is 28.4. The first kappa shape index (κ1) is 37.1. The summed E-state index contributed by atoms with van der Waals surface area (Å²) in [7, 11) is -2.20. The summed E-state index contributed by atoms with van der Waals surface area (Å²) in [4.78, 5) is 17.9. The maximum atomic E-state index is 13.5. The molecule has 0 bridgehead atoms. The molecule has 1 aromatic rings. The number of rotatable bonds is 10. The van der Waals surface area contributed by atoms with Gasteiger partial charge in [-0.2, -0.15) is 0 Å². The van der Waals surface area contributed by atoms with Crippen molar-refractivity contribution in [2.75, 3.05) is 6.61 Å². The molecule has 0 saturated heterocycles. The van der Waals surface area contributed by atoms with Crippen molar-refractivity contribution >= 4 is 14.3 Å². The third-order valence-corrected chi connectivity index (χ3v) is 13.3. The normalized spacial score (nSPS) is 28.2. The van der Waals surface area contributed by atoms with Gasteiger partial charge in [-0.15, -0.1) is 0 Å². The molecule has 8 heteroatoms. The number of allylic oxidation sites excluding steroid dienone is 3. The van der Waals surface area contributed by atoms with Crippen LogP contribution in [0.3, 0.4) is 0 Å². The van der Waals surface area contributed by atoms with Crippen LogP contribution in [-0.2, 0) is 23.4 Å². The Morgan fingerprint density at radius 1 is 1.26 bits per heavy atom. The van der Waals surface area contributed by atoms with Crippen LogP contribution in [0.1, 0.15) is 93.2 Å². The Morgan fingerprint density at radius 2 is 1.95 bits per heavy atom. The van der Waals surface area contributed by atoms with Crippen molar-refractivity contribution in [3.63, 3.8) is 0 Å². The van der Waals surface area contributed by atoms with Crippen molar-refractivity contribution < 1.29 is 28.5 Å². The molecule has 2 heterocycles. The Morgan fingerprint density at radius 3 is 2.56 bits per heavy atom. The quantitative estimate of drug-likeness (QED) is 0.0942. The predicted molar refractivity (Wildman–Crippen MR) is 176 cm³/mol. The number of cyclic esters (lactones) is 1. The summed E-state index contributed by atoms with van der Waals surface area (Å²) in [6, 6.07) is 5.90. The molecule has 7 nitrogen and oxygen atoms in total. The predicted octanol–water partition coefficient (Wildman–Crippen LogP) is 7.88. The van der Waals surface area contributed by atoms with Crippen molar-refractivity contribution in [1.29, 1.82) is 0 Å². The average Bonchev–Trinajstić information content (AvgIpc) is 2.92. The topological polar surface area (TPSA) is 87.1 Å². The second-order valence-corrected chi connectivity index (χ2v) is 18.4. The first-order valence-corrected chi connectivity index (χ1v) is 18.7. The second kappa shape index (κ2) is 16.3. The van der Waals surface area contributed by atoms with E-state index < -0.39 is 32.4 Å². The highest BCUT2D eigenvalue weighted by molar-refractivity contribution is 6.74. The van der Waals surface area contributed by atoms with E-state index in [-0.39, 0.29) is 35.4 Å². The summed E-state index contributed by atoms with van der Waals surface area (Å²) in [5, 5.41) is 11.4. The first-order chi connectivity index (χ1) is 20.0. The molecule has 1 N–H and O–H groups in total. The van der Waals surface area contributed by atoms with Crippen molar-refractivity contribution in [3.05, 3.63) is 66.0 Å². The second-order valence-electron chi connectivity index (χ2n) is 13.6. The van der Waals surface area contributed by atoms with Crippen LogP contribution in [-0.4, -0.2) is 61.2 Å². The van der Waals surface area contributed by atoms with Gasteiger partial charge in [-0.25, -0.2) is 0 Å². The van der Waals surface area contributed by atoms with Crippen molar-refractivity contribution in [2.45, 2.75) is 136 Å². The van der Waals surface area contributed by atoms with E-state index in [1.54, 1.807) is 12.3 Å². The highest BCUT2D eigenvalue weighted by Gasteiger charge is 2.42. The third-order valence-electron chi connectivity index (χ3n) is 8.78. The Hall–Kier alpha value is -2.10. The van der Waals surface area contributed by atoms with Crippen LogP contribution >= 0.6 is 0 Å². The SMILES string of the molecule is CCOC(C)O[C@]1(C)CC[C@@H](O[Si](C)(C)C(C)(C)C)CC(=O)OC(C(C)=CC=C[C@@H](C)c2ccccn2)[C@@H](C)C=C[C@@H]1O. The Bertz CT molecular complexity index is 1100. The maximum absolute atomic E-state index is 13.5. The van der Waals surface area contributed by atoms with Gasteiger partial charge in [-0.3, -0.25) is 9.78 Å². The van der Waals surface area contributed by atoms with Crippen LogP contribution in [0.25, 0.3) is 0 Å². The largest absolute Gasteiger partial charge is 0.457 e. The fourth-order valence-corrected chi connectivity index (χ4v) is 6.34. The number of aliphatic hydroxyl groups excluding tert-OH is 1. The number of carbonyl (C=O) groups excluding carboxylic acids is 1. The van der Waals surface area contributed by atoms with Crippen LogP contribution < -0.4 is 0 Å². The zero-order valence-corrected chi connectivity index (χ0v) is 29.4. The molecule has 0 aliphatic carbocycles. The third kappa shape index (κ3) is 11.4. The molecule has 43 heavy (non-hydrogen) atoms. The van der Waals surface area contributed by atoms with Gasteiger partial charge in [0.05, 0.1) is 18.1 Å². The molecule has 0 radical (unpaired) electrons. The smallest absolute Gasteiger partial charge is 0.308 e. The average molecular weight is 616 g/mol. The van der Waals surface area contributed by atoms with E-state index in [9.17, 15) is 9.90 Å². The molecule has 0 spiro atoms. The molecule has 1 aliphatic rings. The molecule has 0 aromatic carbocycles. The minimum atomic E-state index is -2.20. The number of nitrogens with zero attached hydrogens (tertiary/aromatic N) is 1. The molecular formula is C35H57NO6Si. The Kier molecular flexibility index (Phi) is 14.0. The maximum Gasteiger partial charge on any atom is 0.308 e. The molecule has 2 unspecified atom stereocenters. The van der Waals surface area contributed by atoms with Crippen LogP contribution in [0.5, 0.6) is 0 Å². The van der Waals surface area contributed by atoms with E-state index >= 15 is 0 Å². The Balaban J connectivity index is 2.42. The summed E-state index contributed by atoms with van der Waals surface area (Å²) in [5.74, 6) is -0.343. The standard InChI is InChI=1S/C35H57NO6Si/c1-12-39-28(5)41-35(9)22-21-29(42-43(10,11)34(6,7)8)24-32(38)40-33(27(4)19-20-31(35)37)26(3)17-15-16-25(2)30-18-13-14-23-36-30/h13-20,23,25,27-29,31,33,37H,12,21-22,24H2,1-11H3/t25-,27+,28?,29-,31+,33?,35-/m1/s1. The molecule has 242 valence electrons. The first-order valence-electron chi connectivity index (χ1n) is 15.8. The fourth-order valence-electron chi connectivity index (χ4n) is 4.96. The summed E-state index contributed by atoms with van der Waals surface area (Å²) < 4.78 is 24.9. The number of aliphatic hydroxyl groups is 1. The van der Waals surface area contributed by atoms with Crippen LogP contribution in [0.2, 0.25) is 18.1 Å². The molecule has 0 fully saturated rings. The lowest BCUT2D eigenvalue weighted by Crippen LogP contribution is -2.47. The van der Waals surface area contributed by atoms with E-state index in [0.29, 0.717) is 19.4 Å². The van der Waals surface area contributed by atoms with Gasteiger partial charge in [-0.1, -0.05) is 71.1 Å². The summed E-state index contributed by atoms with van der Waals surface area (Å²) in [6.45, 7) is 23.2. The zero-order chi connectivity index (χ0) is 32.4. The number of pyridine rings is 1. The van der Waals surface area contributed by atoms with Crippen molar-refractivity contribution in [2.24, 2.45) is 5.92 Å². The minimum Gasteiger partial charge on any atom is -0.457 e. The van der Waals surface area contributed by atoms with Crippen molar-refractivity contribution in [1.82, 2.24) is 4.98 Å². The van der Waals surface area contributed by atoms with Crippen LogP contribution in [0.4, 0.5) is 0 Å². The number of ether oxygens (including phenoxy) is 3. The molecule has 1 aromatic heterocycles. The van der Waals surface area contributed by atoms with Crippen LogP contribution in [0.15, 0.2) is 60.3 Å². The van der Waals surface area contributed by atoms with Gasteiger partial charge in [0.15, 0.2) is 14.6 Å². The number of hydrogen-bond donors (Lipinski definition) is 1. The number of carbonyl (C=O) groups is 1. The monoisotopic (exact) mass is 615 g/mol. The summed E-state index contributed by atoms with van der Waals surface area (Å²) in [5.41, 5.74) is 0.963. The fraction of sp³-hybridized carbons (Fsp3) is 0.657. The molecule has 0 amide bonds. The highest BCUT2D eigenvalue weighted by Crippen LogP contribution is 2.39. The number of aromatic nitrogens is 1. The van der Waals surface area contributed by atoms with Gasteiger partial charge in [-0.05, 0) is 76.4 Å². The molecule has 7 atom stereocenters. The van der Waals surface area contributed by atoms with Gasteiger partial charge < -0.3 is 23.7 Å². The number of hydrogen-bond acceptors (Lipinski definition) is 7. The zero-order valence-electron chi connectivity index (χ0n) is 28.4. The van der Waals surface area contributed by atoms with E-state index in [0.717, 1.165) is 11.3 Å². The molecular weight excluding hydrogens is 558 g/mol. The van der Waals surface area contributed by atoms with Gasteiger partial charge in [0.1, 0.15) is 12.2 Å². The van der Waals surface area contributed by atoms with E-state index in [1.807, 2.05) is 71.0 Å². The lowest BCUT2D eigenvalue weighted by Gasteiger charge is -2.41. The van der Waals surface area contributed by atoms with Crippen molar-refractivity contribution in [3.8, 4) is 0 Å². The molecule has 2 rings (SSSR count). The van der Waals surface area contributed by atoms with Gasteiger partial charge in [0.25, 0.3) is 0 Å². The molecule has 0 saturated carbocycles. The summed E-state index contributed by atoms with van der Waals surface area (Å²) in [6.07, 6.45) is 10.4. The van der Waals surface area contributed by atoms with Gasteiger partial charge in [0, 0.05) is 30.3 Å². The lowest BCUT2D eigenvalue weighted by molar-refractivity contribution is -0.221.